The third-order valence-corrected chi connectivity index (χ3v) is 2.03. The third-order valence-electron chi connectivity index (χ3n) is 2.03. The van der Waals surface area contributed by atoms with Gasteiger partial charge in [-0.05, 0) is 18.1 Å². The van der Waals surface area contributed by atoms with Crippen LogP contribution in [-0.4, -0.2) is 7.05 Å². The van der Waals surface area contributed by atoms with Crippen LogP contribution in [0, 0.1) is 0 Å². The fourth-order valence-electron chi connectivity index (χ4n) is 1.10. The molecule has 1 nitrogen and oxygen atoms in total. The molecular weight excluding hydrogens is 158 g/mol. The van der Waals surface area contributed by atoms with E-state index in [0.717, 1.165) is 16.8 Å². The highest BCUT2D eigenvalue weighted by Gasteiger charge is 1.96. The van der Waals surface area contributed by atoms with Gasteiger partial charge in [-0.2, -0.15) is 0 Å². The maximum atomic E-state index is 3.88. The molecule has 1 rings (SSSR count). The monoisotopic (exact) mass is 173 g/mol. The zero-order chi connectivity index (χ0) is 9.84. The molecule has 0 amide bonds. The van der Waals surface area contributed by atoms with Gasteiger partial charge >= 0.3 is 0 Å². The van der Waals surface area contributed by atoms with Gasteiger partial charge in [-0.25, -0.2) is 0 Å². The Hall–Kier alpha value is -1.50. The van der Waals surface area contributed by atoms with Gasteiger partial charge in [0.05, 0.1) is 0 Å². The smallest absolute Gasteiger partial charge is 0.0338 e. The molecule has 0 heterocycles. The molecule has 0 atom stereocenters. The lowest BCUT2D eigenvalue weighted by atomic mass is 10.1. The van der Waals surface area contributed by atoms with Crippen molar-refractivity contribution >= 4 is 11.3 Å². The van der Waals surface area contributed by atoms with E-state index in [2.05, 4.69) is 30.6 Å². The summed E-state index contributed by atoms with van der Waals surface area (Å²) in [6.07, 6.45) is 0. The van der Waals surface area contributed by atoms with E-state index in [1.165, 1.54) is 5.56 Å². The molecule has 1 aromatic carbocycles. The van der Waals surface area contributed by atoms with Crippen LogP contribution < -0.4 is 5.32 Å². The Bertz CT molecular complexity index is 319. The molecule has 1 N–H and O–H groups in total. The Morgan fingerprint density at radius 3 is 1.92 bits per heavy atom. The van der Waals surface area contributed by atoms with Crippen LogP contribution in [0.2, 0.25) is 0 Å². The van der Waals surface area contributed by atoms with E-state index in [4.69, 9.17) is 0 Å². The van der Waals surface area contributed by atoms with Crippen molar-refractivity contribution in [3.63, 3.8) is 0 Å². The van der Waals surface area contributed by atoms with Crippen LogP contribution in [0.4, 0.5) is 0 Å². The lowest BCUT2D eigenvalue weighted by Crippen LogP contribution is -2.02. The second kappa shape index (κ2) is 3.94. The van der Waals surface area contributed by atoms with Crippen LogP contribution in [0.15, 0.2) is 37.4 Å². The zero-order valence-electron chi connectivity index (χ0n) is 8.22. The fraction of sp³-hybridized carbons (Fsp3) is 0.167. The first-order valence-electron chi connectivity index (χ1n) is 4.28. The summed E-state index contributed by atoms with van der Waals surface area (Å²) in [5, 5.41) is 3.01. The van der Waals surface area contributed by atoms with Gasteiger partial charge < -0.3 is 5.32 Å². The van der Waals surface area contributed by atoms with E-state index in [9.17, 15) is 0 Å². The van der Waals surface area contributed by atoms with E-state index in [1.54, 1.807) is 0 Å². The molecule has 0 saturated heterocycles. The summed E-state index contributed by atoms with van der Waals surface area (Å²) in [5.74, 6) is 0. The Kier molecular flexibility index (Phi) is 2.91. The molecule has 13 heavy (non-hydrogen) atoms. The third kappa shape index (κ3) is 2.22. The summed E-state index contributed by atoms with van der Waals surface area (Å²) < 4.78 is 0. The van der Waals surface area contributed by atoms with E-state index in [1.807, 2.05) is 26.1 Å². The van der Waals surface area contributed by atoms with Crippen molar-refractivity contribution in [1.29, 1.82) is 0 Å². The molecule has 0 radical (unpaired) electrons. The molecule has 0 aromatic heterocycles. The summed E-state index contributed by atoms with van der Waals surface area (Å²) >= 11 is 0. The predicted octanol–water partition coefficient (Wildman–Crippen LogP) is 2.91. The minimum atomic E-state index is 0.938. The average molecular weight is 173 g/mol. The molecule has 0 saturated carbocycles. The van der Waals surface area contributed by atoms with Gasteiger partial charge in [-0.3, -0.25) is 0 Å². The first-order valence-corrected chi connectivity index (χ1v) is 4.28. The van der Waals surface area contributed by atoms with Crippen LogP contribution in [0.1, 0.15) is 18.1 Å². The minimum absolute atomic E-state index is 0.938. The molecule has 0 aliphatic rings. The molecule has 0 aliphatic heterocycles. The highest BCUT2D eigenvalue weighted by Crippen LogP contribution is 2.15. The molecule has 1 aromatic rings. The van der Waals surface area contributed by atoms with Crippen molar-refractivity contribution in [2.24, 2.45) is 0 Å². The molecular formula is C12H15N. The van der Waals surface area contributed by atoms with Crippen molar-refractivity contribution in [2.75, 3.05) is 7.05 Å². The maximum absolute atomic E-state index is 3.88. The summed E-state index contributed by atoms with van der Waals surface area (Å²) in [7, 11) is 1.87. The van der Waals surface area contributed by atoms with Gasteiger partial charge in [0, 0.05) is 12.7 Å². The molecule has 1 heteroatoms. The van der Waals surface area contributed by atoms with Crippen LogP contribution in [0.5, 0.6) is 0 Å². The number of rotatable bonds is 3. The van der Waals surface area contributed by atoms with Crippen molar-refractivity contribution in [1.82, 2.24) is 5.32 Å². The Labute approximate surface area is 79.8 Å². The molecule has 0 spiro atoms. The molecule has 68 valence electrons. The zero-order valence-corrected chi connectivity index (χ0v) is 8.22. The lowest BCUT2D eigenvalue weighted by Gasteiger charge is -2.05. The van der Waals surface area contributed by atoms with Crippen LogP contribution in [-0.2, 0) is 0 Å². The molecule has 0 aliphatic carbocycles. The SMILES string of the molecule is C=C(C)c1ccc(C(=C)NC)cc1. The minimum Gasteiger partial charge on any atom is -0.388 e. The average Bonchev–Trinajstić information content (AvgIpc) is 2.17. The highest BCUT2D eigenvalue weighted by atomic mass is 14.8. The topological polar surface area (TPSA) is 12.0 Å². The van der Waals surface area contributed by atoms with Crippen LogP contribution >= 0.6 is 0 Å². The van der Waals surface area contributed by atoms with E-state index in [0.29, 0.717) is 0 Å². The van der Waals surface area contributed by atoms with Crippen molar-refractivity contribution < 1.29 is 0 Å². The highest BCUT2D eigenvalue weighted by molar-refractivity contribution is 5.66. The Morgan fingerprint density at radius 1 is 1.08 bits per heavy atom. The predicted molar refractivity (Wildman–Crippen MR) is 59.2 cm³/mol. The summed E-state index contributed by atoms with van der Waals surface area (Å²) in [6, 6.07) is 8.20. The van der Waals surface area contributed by atoms with Crippen molar-refractivity contribution in [3.05, 3.63) is 48.6 Å². The summed E-state index contributed by atoms with van der Waals surface area (Å²) in [4.78, 5) is 0. The Balaban J connectivity index is 2.93. The number of benzene rings is 1. The van der Waals surface area contributed by atoms with Crippen LogP contribution in [0.3, 0.4) is 0 Å². The summed E-state index contributed by atoms with van der Waals surface area (Å²) in [6.45, 7) is 9.77. The van der Waals surface area contributed by atoms with Crippen LogP contribution in [0.25, 0.3) is 11.3 Å². The van der Waals surface area contributed by atoms with Crippen molar-refractivity contribution in [2.45, 2.75) is 6.92 Å². The van der Waals surface area contributed by atoms with Gasteiger partial charge in [0.25, 0.3) is 0 Å². The quantitative estimate of drug-likeness (QED) is 0.741. The lowest BCUT2D eigenvalue weighted by molar-refractivity contribution is 1.13. The summed E-state index contributed by atoms with van der Waals surface area (Å²) in [5.41, 5.74) is 4.31. The first kappa shape index (κ1) is 9.59. The molecule has 0 bridgehead atoms. The number of nitrogens with one attached hydrogen (secondary N) is 1. The van der Waals surface area contributed by atoms with Gasteiger partial charge in [0.2, 0.25) is 0 Å². The number of hydrogen-bond donors (Lipinski definition) is 1. The Morgan fingerprint density at radius 2 is 1.54 bits per heavy atom. The van der Waals surface area contributed by atoms with E-state index >= 15 is 0 Å². The fourth-order valence-corrected chi connectivity index (χ4v) is 1.10. The molecule has 0 unspecified atom stereocenters. The van der Waals surface area contributed by atoms with Gasteiger partial charge in [-0.15, -0.1) is 0 Å². The van der Waals surface area contributed by atoms with Crippen molar-refractivity contribution in [3.8, 4) is 0 Å². The number of hydrogen-bond acceptors (Lipinski definition) is 1. The molecule has 0 fully saturated rings. The normalized spacial score (nSPS) is 9.38. The van der Waals surface area contributed by atoms with E-state index < -0.39 is 0 Å². The second-order valence-corrected chi connectivity index (χ2v) is 3.09. The van der Waals surface area contributed by atoms with Gasteiger partial charge in [-0.1, -0.05) is 43.0 Å². The second-order valence-electron chi connectivity index (χ2n) is 3.09. The van der Waals surface area contributed by atoms with Gasteiger partial charge in [0.15, 0.2) is 0 Å². The van der Waals surface area contributed by atoms with E-state index in [-0.39, 0.29) is 0 Å². The number of allylic oxidation sites excluding steroid dienone is 1. The standard InChI is InChI=1S/C12H15N/c1-9(2)11-5-7-12(8-6-11)10(3)13-4/h5-8,13H,1,3H2,2,4H3. The largest absolute Gasteiger partial charge is 0.388 e. The first-order chi connectivity index (χ1) is 6.15. The maximum Gasteiger partial charge on any atom is 0.0338 e. The van der Waals surface area contributed by atoms with Gasteiger partial charge in [0.1, 0.15) is 0 Å².